The molecule has 0 aliphatic heterocycles. The summed E-state index contributed by atoms with van der Waals surface area (Å²) in [5.41, 5.74) is -0.0111. The first kappa shape index (κ1) is 13.0. The Labute approximate surface area is 111 Å². The first-order valence-electron chi connectivity index (χ1n) is 6.10. The van der Waals surface area contributed by atoms with Crippen LogP contribution in [0.1, 0.15) is 51.8 Å². The first-order valence-corrected chi connectivity index (χ1v) is 6.88. The molecule has 18 heavy (non-hydrogen) atoms. The van der Waals surface area contributed by atoms with Gasteiger partial charge in [0.1, 0.15) is 11.6 Å². The number of H-pyrrole nitrogens is 1. The summed E-state index contributed by atoms with van der Waals surface area (Å²) in [7, 11) is 0. The van der Waals surface area contributed by atoms with Crippen molar-refractivity contribution in [3.8, 4) is 0 Å². The van der Waals surface area contributed by atoms with Gasteiger partial charge in [-0.2, -0.15) is 4.37 Å². The predicted molar refractivity (Wildman–Crippen MR) is 73.9 cm³/mol. The van der Waals surface area contributed by atoms with Crippen LogP contribution in [0.15, 0.2) is 12.4 Å². The molecule has 2 rings (SSSR count). The molecule has 0 amide bonds. The van der Waals surface area contributed by atoms with Gasteiger partial charge in [-0.1, -0.05) is 27.7 Å². The lowest BCUT2D eigenvalue weighted by molar-refractivity contribution is 0.554. The molecule has 2 N–H and O–H groups in total. The summed E-state index contributed by atoms with van der Waals surface area (Å²) < 4.78 is 4.39. The Morgan fingerprint density at radius 3 is 2.72 bits per heavy atom. The normalized spacial score (nSPS) is 13.6. The molecule has 0 fully saturated rings. The van der Waals surface area contributed by atoms with E-state index in [1.807, 2.05) is 6.20 Å². The summed E-state index contributed by atoms with van der Waals surface area (Å²) >= 11 is 1.40. The van der Waals surface area contributed by atoms with Crippen LogP contribution in [0.2, 0.25) is 0 Å². The highest BCUT2D eigenvalue weighted by Crippen LogP contribution is 2.26. The molecule has 98 valence electrons. The lowest BCUT2D eigenvalue weighted by Gasteiger charge is -2.14. The molecule has 0 aromatic carbocycles. The smallest absolute Gasteiger partial charge is 0.203 e. The molecule has 2 aromatic rings. The lowest BCUT2D eigenvalue weighted by atomic mass is 9.96. The second-order valence-corrected chi connectivity index (χ2v) is 6.00. The van der Waals surface area contributed by atoms with Crippen molar-refractivity contribution in [3.63, 3.8) is 0 Å². The van der Waals surface area contributed by atoms with Crippen molar-refractivity contribution < 1.29 is 0 Å². The number of nitrogens with zero attached hydrogens (tertiary/aromatic N) is 3. The molecule has 0 bridgehead atoms. The zero-order valence-corrected chi connectivity index (χ0v) is 12.0. The highest BCUT2D eigenvalue weighted by atomic mass is 32.1. The Balaban J connectivity index is 2.11. The molecule has 2 heterocycles. The van der Waals surface area contributed by atoms with Crippen molar-refractivity contribution in [3.05, 3.63) is 24.0 Å². The second-order valence-electron chi connectivity index (χ2n) is 5.25. The van der Waals surface area contributed by atoms with Crippen LogP contribution in [0.5, 0.6) is 0 Å². The summed E-state index contributed by atoms with van der Waals surface area (Å²) in [6.45, 7) is 8.46. The van der Waals surface area contributed by atoms with Gasteiger partial charge in [-0.3, -0.25) is 0 Å². The maximum Gasteiger partial charge on any atom is 0.203 e. The van der Waals surface area contributed by atoms with Gasteiger partial charge >= 0.3 is 0 Å². The predicted octanol–water partition coefficient (Wildman–Crippen LogP) is 3.12. The first-order chi connectivity index (χ1) is 8.50. The Morgan fingerprint density at radius 1 is 1.44 bits per heavy atom. The average molecular weight is 265 g/mol. The highest BCUT2D eigenvalue weighted by molar-refractivity contribution is 7.09. The van der Waals surface area contributed by atoms with E-state index >= 15 is 0 Å². The fourth-order valence-electron chi connectivity index (χ4n) is 1.57. The van der Waals surface area contributed by atoms with E-state index in [4.69, 9.17) is 0 Å². The van der Waals surface area contributed by atoms with Gasteiger partial charge in [0.05, 0.1) is 6.04 Å². The number of rotatable bonds is 4. The Kier molecular flexibility index (Phi) is 3.65. The van der Waals surface area contributed by atoms with Gasteiger partial charge in [0.15, 0.2) is 0 Å². The van der Waals surface area contributed by atoms with Crippen LogP contribution in [-0.2, 0) is 5.41 Å². The van der Waals surface area contributed by atoms with Crippen LogP contribution in [0.25, 0.3) is 0 Å². The van der Waals surface area contributed by atoms with Crippen molar-refractivity contribution in [2.24, 2.45) is 0 Å². The summed E-state index contributed by atoms with van der Waals surface area (Å²) in [5.74, 6) is 1.81. The Morgan fingerprint density at radius 2 is 2.22 bits per heavy atom. The molecule has 5 nitrogen and oxygen atoms in total. The number of hydrogen-bond acceptors (Lipinski definition) is 5. The third-order valence-electron chi connectivity index (χ3n) is 2.65. The van der Waals surface area contributed by atoms with Gasteiger partial charge < -0.3 is 10.3 Å². The van der Waals surface area contributed by atoms with E-state index < -0.39 is 0 Å². The molecule has 2 aromatic heterocycles. The maximum atomic E-state index is 4.53. The van der Waals surface area contributed by atoms with Gasteiger partial charge in [-0.15, -0.1) is 0 Å². The molecule has 1 atom stereocenters. The van der Waals surface area contributed by atoms with E-state index in [9.17, 15) is 0 Å². The Hall–Kier alpha value is -1.43. The molecule has 0 radical (unpaired) electrons. The van der Waals surface area contributed by atoms with Crippen LogP contribution in [0.4, 0.5) is 5.13 Å². The van der Waals surface area contributed by atoms with E-state index in [0.29, 0.717) is 0 Å². The van der Waals surface area contributed by atoms with Gasteiger partial charge in [0.25, 0.3) is 0 Å². The Bertz CT molecular complexity index is 483. The number of anilines is 1. The molecule has 0 spiro atoms. The summed E-state index contributed by atoms with van der Waals surface area (Å²) in [5, 5.41) is 4.22. The van der Waals surface area contributed by atoms with Crippen LogP contribution >= 0.6 is 11.5 Å². The molecule has 6 heteroatoms. The van der Waals surface area contributed by atoms with E-state index in [2.05, 4.69) is 52.3 Å². The lowest BCUT2D eigenvalue weighted by Crippen LogP contribution is -2.14. The average Bonchev–Trinajstić information content (AvgIpc) is 2.95. The minimum atomic E-state index is -0.0111. The minimum absolute atomic E-state index is 0.0111. The van der Waals surface area contributed by atoms with E-state index in [0.717, 1.165) is 23.2 Å². The van der Waals surface area contributed by atoms with E-state index in [1.54, 1.807) is 6.20 Å². The van der Waals surface area contributed by atoms with Crippen LogP contribution in [-0.4, -0.2) is 19.3 Å². The minimum Gasteiger partial charge on any atom is -0.350 e. The molecular weight excluding hydrogens is 246 g/mol. The fourth-order valence-corrected chi connectivity index (χ4v) is 2.38. The van der Waals surface area contributed by atoms with E-state index in [-0.39, 0.29) is 11.5 Å². The van der Waals surface area contributed by atoms with E-state index in [1.165, 1.54) is 11.5 Å². The monoisotopic (exact) mass is 265 g/mol. The second kappa shape index (κ2) is 5.06. The number of hydrogen-bond donors (Lipinski definition) is 2. The van der Waals surface area contributed by atoms with Crippen LogP contribution < -0.4 is 5.32 Å². The standard InChI is InChI=1S/C12H19N5S/c1-5-8(9-13-6-7-14-9)15-11-16-10(17-18-11)12(2,3)4/h6-8H,5H2,1-4H3,(H,13,14)(H,15,16,17). The molecular formula is C12H19N5S. The fraction of sp³-hybridized carbons (Fsp3) is 0.583. The van der Waals surface area contributed by atoms with Gasteiger partial charge in [-0.25, -0.2) is 9.97 Å². The molecule has 0 aliphatic carbocycles. The number of nitrogens with one attached hydrogen (secondary N) is 2. The number of aromatic nitrogens is 4. The van der Waals surface area contributed by atoms with Crippen molar-refractivity contribution in [1.29, 1.82) is 0 Å². The zero-order valence-electron chi connectivity index (χ0n) is 11.2. The SMILES string of the molecule is CCC(Nc1nc(C(C)(C)C)ns1)c1ncc[nH]1. The molecule has 0 saturated carbocycles. The topological polar surface area (TPSA) is 66.5 Å². The van der Waals surface area contributed by atoms with Crippen LogP contribution in [0, 0.1) is 0 Å². The summed E-state index contributed by atoms with van der Waals surface area (Å²) in [6, 6.07) is 0.153. The van der Waals surface area contributed by atoms with Crippen molar-refractivity contribution >= 4 is 16.7 Å². The van der Waals surface area contributed by atoms with Gasteiger partial charge in [-0.05, 0) is 6.42 Å². The summed E-state index contributed by atoms with van der Waals surface area (Å²) in [4.78, 5) is 11.9. The highest BCUT2D eigenvalue weighted by Gasteiger charge is 2.21. The largest absolute Gasteiger partial charge is 0.350 e. The third kappa shape index (κ3) is 2.87. The number of aromatic amines is 1. The maximum absolute atomic E-state index is 4.53. The zero-order chi connectivity index (χ0) is 13.2. The van der Waals surface area contributed by atoms with Gasteiger partial charge in [0.2, 0.25) is 5.13 Å². The van der Waals surface area contributed by atoms with Crippen molar-refractivity contribution in [2.45, 2.75) is 45.6 Å². The quantitative estimate of drug-likeness (QED) is 0.891. The van der Waals surface area contributed by atoms with Gasteiger partial charge in [0, 0.05) is 29.3 Å². The van der Waals surface area contributed by atoms with Crippen LogP contribution in [0.3, 0.4) is 0 Å². The molecule has 1 unspecified atom stereocenters. The van der Waals surface area contributed by atoms with Crippen molar-refractivity contribution in [2.75, 3.05) is 5.32 Å². The molecule has 0 saturated heterocycles. The third-order valence-corrected chi connectivity index (χ3v) is 3.30. The number of imidazole rings is 1. The molecule has 0 aliphatic rings. The summed E-state index contributed by atoms with van der Waals surface area (Å²) in [6.07, 6.45) is 4.54. The van der Waals surface area contributed by atoms with Crippen molar-refractivity contribution in [1.82, 2.24) is 19.3 Å².